The Hall–Kier alpha value is -1.73. The van der Waals surface area contributed by atoms with E-state index in [9.17, 15) is 0 Å². The zero-order chi connectivity index (χ0) is 14.4. The van der Waals surface area contributed by atoms with Crippen molar-refractivity contribution in [2.45, 2.75) is 25.2 Å². The summed E-state index contributed by atoms with van der Waals surface area (Å²) in [6, 6.07) is 8.22. The minimum atomic E-state index is 0.512. The monoisotopic (exact) mass is 274 g/mol. The Morgan fingerprint density at radius 1 is 1.25 bits per heavy atom. The molecule has 1 aliphatic heterocycles. The van der Waals surface area contributed by atoms with E-state index in [4.69, 9.17) is 14.7 Å². The van der Waals surface area contributed by atoms with E-state index in [0.29, 0.717) is 12.3 Å². The number of nitrogens with zero attached hydrogens (tertiary/aromatic N) is 2. The van der Waals surface area contributed by atoms with E-state index in [1.807, 2.05) is 12.1 Å². The van der Waals surface area contributed by atoms with Gasteiger partial charge in [-0.25, -0.2) is 0 Å². The number of piperidine rings is 1. The number of hydrogen-bond donors (Lipinski definition) is 0. The molecule has 0 unspecified atom stereocenters. The summed E-state index contributed by atoms with van der Waals surface area (Å²) < 4.78 is 10.8. The number of likely N-dealkylation sites (tertiary alicyclic amines) is 1. The Balaban J connectivity index is 2.04. The van der Waals surface area contributed by atoms with Crippen LogP contribution in [0, 0.1) is 11.3 Å². The number of nitriles is 1. The fourth-order valence-electron chi connectivity index (χ4n) is 2.83. The van der Waals surface area contributed by atoms with E-state index in [0.717, 1.165) is 44.0 Å². The van der Waals surface area contributed by atoms with Crippen LogP contribution < -0.4 is 9.47 Å². The Bertz CT molecular complexity index is 474. The normalized spacial score (nSPS) is 16.6. The van der Waals surface area contributed by atoms with Crippen molar-refractivity contribution in [1.29, 1.82) is 5.26 Å². The molecule has 1 saturated heterocycles. The predicted molar refractivity (Wildman–Crippen MR) is 78.2 cm³/mol. The van der Waals surface area contributed by atoms with Crippen LogP contribution in [-0.4, -0.2) is 38.8 Å². The molecule has 1 aliphatic rings. The number of methoxy groups -OCH3 is 2. The van der Waals surface area contributed by atoms with Gasteiger partial charge in [0.25, 0.3) is 0 Å². The van der Waals surface area contributed by atoms with Crippen LogP contribution in [0.4, 0.5) is 0 Å². The second-order valence-corrected chi connectivity index (χ2v) is 5.13. The lowest BCUT2D eigenvalue weighted by molar-refractivity contribution is 0.214. The zero-order valence-corrected chi connectivity index (χ0v) is 12.3. The van der Waals surface area contributed by atoms with Crippen LogP contribution in [0.3, 0.4) is 0 Å². The van der Waals surface area contributed by atoms with Gasteiger partial charge in [0.2, 0.25) is 0 Å². The van der Waals surface area contributed by atoms with Crippen molar-refractivity contribution in [3.8, 4) is 17.6 Å². The zero-order valence-electron chi connectivity index (χ0n) is 12.3. The summed E-state index contributed by atoms with van der Waals surface area (Å²) in [6.07, 6.45) is 2.83. The third-order valence-corrected chi connectivity index (χ3v) is 4.00. The summed E-state index contributed by atoms with van der Waals surface area (Å²) in [5, 5.41) is 8.65. The lowest BCUT2D eigenvalue weighted by atomic mass is 9.88. The van der Waals surface area contributed by atoms with Gasteiger partial charge < -0.3 is 14.4 Å². The minimum Gasteiger partial charge on any atom is -0.497 e. The van der Waals surface area contributed by atoms with Gasteiger partial charge in [-0.15, -0.1) is 0 Å². The maximum absolute atomic E-state index is 8.65. The minimum absolute atomic E-state index is 0.512. The predicted octanol–water partition coefficient (Wildman–Crippen LogP) is 2.80. The molecule has 0 saturated carbocycles. The smallest absolute Gasteiger partial charge is 0.122 e. The quantitative estimate of drug-likeness (QED) is 0.828. The van der Waals surface area contributed by atoms with Gasteiger partial charge in [0, 0.05) is 18.5 Å². The van der Waals surface area contributed by atoms with Crippen molar-refractivity contribution >= 4 is 0 Å². The first kappa shape index (κ1) is 14.7. The molecule has 0 radical (unpaired) electrons. The highest BCUT2D eigenvalue weighted by Crippen LogP contribution is 2.36. The van der Waals surface area contributed by atoms with Crippen LogP contribution in [0.5, 0.6) is 11.5 Å². The maximum atomic E-state index is 8.65. The van der Waals surface area contributed by atoms with Crippen molar-refractivity contribution in [3.63, 3.8) is 0 Å². The summed E-state index contributed by atoms with van der Waals surface area (Å²) in [6.45, 7) is 2.98. The van der Waals surface area contributed by atoms with Crippen molar-refractivity contribution < 1.29 is 9.47 Å². The van der Waals surface area contributed by atoms with E-state index in [1.165, 1.54) is 5.56 Å². The molecule has 0 spiro atoms. The maximum Gasteiger partial charge on any atom is 0.122 e. The first-order chi connectivity index (χ1) is 9.78. The molecule has 4 heteroatoms. The third kappa shape index (κ3) is 3.43. The topological polar surface area (TPSA) is 45.5 Å². The summed E-state index contributed by atoms with van der Waals surface area (Å²) in [4.78, 5) is 2.37. The van der Waals surface area contributed by atoms with E-state index < -0.39 is 0 Å². The van der Waals surface area contributed by atoms with Crippen molar-refractivity contribution in [3.05, 3.63) is 23.8 Å². The van der Waals surface area contributed by atoms with E-state index in [-0.39, 0.29) is 0 Å². The third-order valence-electron chi connectivity index (χ3n) is 4.00. The molecular weight excluding hydrogens is 252 g/mol. The molecule has 2 rings (SSSR count). The number of rotatable bonds is 5. The van der Waals surface area contributed by atoms with Gasteiger partial charge in [-0.2, -0.15) is 5.26 Å². The SMILES string of the molecule is COc1ccc(OC)c(C2CCN(CCC#N)CC2)c1. The molecule has 1 aromatic rings. The molecule has 4 nitrogen and oxygen atoms in total. The Morgan fingerprint density at radius 3 is 2.60 bits per heavy atom. The Kier molecular flexibility index (Phi) is 5.25. The first-order valence-electron chi connectivity index (χ1n) is 7.09. The second kappa shape index (κ2) is 7.16. The average molecular weight is 274 g/mol. The van der Waals surface area contributed by atoms with Crippen LogP contribution in [0.1, 0.15) is 30.7 Å². The Labute approximate surface area is 120 Å². The summed E-state index contributed by atoms with van der Waals surface area (Å²) in [5.74, 6) is 2.34. The largest absolute Gasteiger partial charge is 0.497 e. The fourth-order valence-corrected chi connectivity index (χ4v) is 2.83. The van der Waals surface area contributed by atoms with Gasteiger partial charge in [0.1, 0.15) is 11.5 Å². The number of benzene rings is 1. The Morgan fingerprint density at radius 2 is 2.00 bits per heavy atom. The van der Waals surface area contributed by atoms with Gasteiger partial charge in [-0.05, 0) is 50.0 Å². The van der Waals surface area contributed by atoms with Crippen molar-refractivity contribution in [2.75, 3.05) is 33.9 Å². The standard InChI is InChI=1S/C16H22N2O2/c1-19-14-4-5-16(20-2)15(12-14)13-6-10-18(11-7-13)9-3-8-17/h4-5,12-13H,3,6-7,9-11H2,1-2H3. The van der Waals surface area contributed by atoms with Gasteiger partial charge in [-0.3, -0.25) is 0 Å². The molecule has 0 bridgehead atoms. The lowest BCUT2D eigenvalue weighted by Crippen LogP contribution is -2.33. The molecule has 1 fully saturated rings. The van der Waals surface area contributed by atoms with Gasteiger partial charge >= 0.3 is 0 Å². The fraction of sp³-hybridized carbons (Fsp3) is 0.562. The molecule has 0 aliphatic carbocycles. The van der Waals surface area contributed by atoms with Gasteiger partial charge in [0.05, 0.1) is 20.3 Å². The van der Waals surface area contributed by atoms with E-state index in [2.05, 4.69) is 17.0 Å². The highest BCUT2D eigenvalue weighted by atomic mass is 16.5. The molecule has 1 heterocycles. The molecule has 1 aromatic carbocycles. The highest BCUT2D eigenvalue weighted by molar-refractivity contribution is 5.42. The van der Waals surface area contributed by atoms with Crippen molar-refractivity contribution in [1.82, 2.24) is 4.90 Å². The van der Waals surface area contributed by atoms with Crippen LogP contribution >= 0.6 is 0 Å². The summed E-state index contributed by atoms with van der Waals surface area (Å²) in [7, 11) is 3.41. The van der Waals surface area contributed by atoms with E-state index in [1.54, 1.807) is 14.2 Å². The van der Waals surface area contributed by atoms with E-state index >= 15 is 0 Å². The van der Waals surface area contributed by atoms with Crippen molar-refractivity contribution in [2.24, 2.45) is 0 Å². The second-order valence-electron chi connectivity index (χ2n) is 5.13. The summed E-state index contributed by atoms with van der Waals surface area (Å²) in [5.41, 5.74) is 1.24. The first-order valence-corrected chi connectivity index (χ1v) is 7.09. The molecular formula is C16H22N2O2. The van der Waals surface area contributed by atoms with Crippen LogP contribution in [0.25, 0.3) is 0 Å². The number of hydrogen-bond acceptors (Lipinski definition) is 4. The molecule has 20 heavy (non-hydrogen) atoms. The molecule has 108 valence electrons. The molecule has 0 N–H and O–H groups in total. The van der Waals surface area contributed by atoms with Gasteiger partial charge in [-0.1, -0.05) is 0 Å². The van der Waals surface area contributed by atoms with Crippen LogP contribution in [-0.2, 0) is 0 Å². The highest BCUT2D eigenvalue weighted by Gasteiger charge is 2.23. The number of ether oxygens (including phenoxy) is 2. The average Bonchev–Trinajstić information content (AvgIpc) is 2.52. The molecule has 0 atom stereocenters. The van der Waals surface area contributed by atoms with Gasteiger partial charge in [0.15, 0.2) is 0 Å². The summed E-state index contributed by atoms with van der Waals surface area (Å²) >= 11 is 0. The molecule has 0 amide bonds. The lowest BCUT2D eigenvalue weighted by Gasteiger charge is -2.32. The van der Waals surface area contributed by atoms with Crippen LogP contribution in [0.15, 0.2) is 18.2 Å². The molecule has 0 aromatic heterocycles. The van der Waals surface area contributed by atoms with Crippen LogP contribution in [0.2, 0.25) is 0 Å².